The number of benzene rings is 2. The van der Waals surface area contributed by atoms with E-state index in [0.29, 0.717) is 48.0 Å². The Balaban J connectivity index is 1.74. The van der Waals surface area contributed by atoms with Crippen LogP contribution < -0.4 is 20.3 Å². The van der Waals surface area contributed by atoms with Crippen molar-refractivity contribution in [3.05, 3.63) is 58.6 Å². The van der Waals surface area contributed by atoms with Crippen molar-refractivity contribution < 1.29 is 24.2 Å². The number of fused-ring (bicyclic) bond motifs is 1. The number of hydrogen-bond donors (Lipinski definition) is 3. The van der Waals surface area contributed by atoms with Crippen molar-refractivity contribution in [1.29, 1.82) is 0 Å². The summed E-state index contributed by atoms with van der Waals surface area (Å²) in [5.41, 5.74) is 1.86. The lowest BCUT2D eigenvalue weighted by Gasteiger charge is -2.29. The molecule has 1 atom stereocenters. The quantitative estimate of drug-likeness (QED) is 0.443. The van der Waals surface area contributed by atoms with Crippen molar-refractivity contribution in [2.45, 2.75) is 39.3 Å². The van der Waals surface area contributed by atoms with Gasteiger partial charge in [-0.3, -0.25) is 9.59 Å². The Morgan fingerprint density at radius 3 is 2.64 bits per heavy atom. The van der Waals surface area contributed by atoms with Crippen molar-refractivity contribution >= 4 is 35.1 Å². The Hall–Kier alpha value is -3.30. The third-order valence-electron chi connectivity index (χ3n) is 5.90. The third-order valence-corrected chi connectivity index (χ3v) is 6.21. The molecule has 9 nitrogen and oxygen atoms in total. The predicted molar refractivity (Wildman–Crippen MR) is 138 cm³/mol. The maximum absolute atomic E-state index is 13.6. The van der Waals surface area contributed by atoms with E-state index >= 15 is 0 Å². The summed E-state index contributed by atoms with van der Waals surface area (Å²) in [4.78, 5) is 41.9. The number of carbonyl (C=O) groups excluding carboxylic acids is 3. The van der Waals surface area contributed by atoms with Crippen molar-refractivity contribution in [2.24, 2.45) is 0 Å². The lowest BCUT2D eigenvalue weighted by molar-refractivity contribution is -0.120. The van der Waals surface area contributed by atoms with E-state index in [1.807, 2.05) is 38.1 Å². The number of aliphatic hydroxyl groups excluding tert-OH is 1. The maximum atomic E-state index is 13.6. The van der Waals surface area contributed by atoms with E-state index in [-0.39, 0.29) is 44.1 Å². The molecule has 0 unspecified atom stereocenters. The largest absolute Gasteiger partial charge is 0.494 e. The lowest BCUT2D eigenvalue weighted by Crippen LogP contribution is -2.50. The monoisotopic (exact) mass is 516 g/mol. The van der Waals surface area contributed by atoms with E-state index in [1.54, 1.807) is 28.0 Å². The van der Waals surface area contributed by atoms with E-state index in [0.717, 1.165) is 5.56 Å². The first-order valence-electron chi connectivity index (χ1n) is 12.1. The number of carbonyl (C=O) groups is 3. The van der Waals surface area contributed by atoms with Crippen LogP contribution in [0.1, 0.15) is 42.6 Å². The highest BCUT2D eigenvalue weighted by molar-refractivity contribution is 6.34. The second-order valence-corrected chi connectivity index (χ2v) is 8.94. The molecule has 3 N–H and O–H groups in total. The molecule has 0 fully saturated rings. The number of hydrogen-bond acceptors (Lipinski definition) is 5. The number of amides is 4. The number of aliphatic hydroxyl groups is 1. The summed E-state index contributed by atoms with van der Waals surface area (Å²) in [6, 6.07) is 11.7. The molecule has 3 rings (SSSR count). The van der Waals surface area contributed by atoms with E-state index in [2.05, 4.69) is 10.6 Å². The molecule has 2 aromatic rings. The molecule has 0 saturated heterocycles. The SMILES string of the molecule is CCOc1ccc(C(=O)N2C[C@@H](C)N(C(=O)NCC(=O)NCCCCO)Cc3ccccc32)c(Cl)c1. The molecule has 194 valence electrons. The van der Waals surface area contributed by atoms with Gasteiger partial charge < -0.3 is 30.3 Å². The standard InChI is InChI=1S/C26H33ClN4O5/c1-3-36-20-10-11-21(22(27)14-20)25(34)31-16-18(2)30(17-19-8-4-5-9-23(19)31)26(35)29-15-24(33)28-12-6-7-13-32/h4-5,8-11,14,18,32H,3,6-7,12-13,15-17H2,1-2H3,(H,28,33)(H,29,35)/t18-/m1/s1. The smallest absolute Gasteiger partial charge is 0.318 e. The molecule has 1 aliphatic rings. The Kier molecular flexibility index (Phi) is 9.95. The second-order valence-electron chi connectivity index (χ2n) is 8.54. The molecule has 1 heterocycles. The van der Waals surface area contributed by atoms with Crippen molar-refractivity contribution in [3.63, 3.8) is 0 Å². The highest BCUT2D eigenvalue weighted by Gasteiger charge is 2.32. The fourth-order valence-electron chi connectivity index (χ4n) is 4.03. The number of unbranched alkanes of at least 4 members (excludes halogenated alkanes) is 1. The van der Waals surface area contributed by atoms with Gasteiger partial charge in [0.1, 0.15) is 5.75 Å². The van der Waals surface area contributed by atoms with Crippen molar-refractivity contribution in [2.75, 3.05) is 37.7 Å². The lowest BCUT2D eigenvalue weighted by atomic mass is 10.1. The van der Waals surface area contributed by atoms with Crippen LogP contribution in [0.3, 0.4) is 0 Å². The van der Waals surface area contributed by atoms with Gasteiger partial charge in [0.15, 0.2) is 0 Å². The number of anilines is 1. The van der Waals surface area contributed by atoms with Gasteiger partial charge in [-0.2, -0.15) is 0 Å². The molecule has 2 aromatic carbocycles. The molecule has 1 aliphatic heterocycles. The molecule has 10 heteroatoms. The highest BCUT2D eigenvalue weighted by atomic mass is 35.5. The van der Waals surface area contributed by atoms with Crippen LogP contribution in [-0.2, 0) is 11.3 Å². The highest BCUT2D eigenvalue weighted by Crippen LogP contribution is 2.31. The molecule has 0 radical (unpaired) electrons. The van der Waals surface area contributed by atoms with Crippen LogP contribution in [-0.4, -0.2) is 66.7 Å². The Bertz CT molecular complexity index is 1080. The van der Waals surface area contributed by atoms with Gasteiger partial charge in [0.05, 0.1) is 23.7 Å². The molecule has 0 aliphatic carbocycles. The fourth-order valence-corrected chi connectivity index (χ4v) is 4.28. The molecule has 0 bridgehead atoms. The number of halogens is 1. The average Bonchev–Trinajstić information content (AvgIpc) is 3.01. The minimum atomic E-state index is -0.392. The van der Waals surface area contributed by atoms with Gasteiger partial charge in [-0.15, -0.1) is 0 Å². The molecule has 4 amide bonds. The zero-order chi connectivity index (χ0) is 26.1. The molecule has 0 spiro atoms. The normalized spacial score (nSPS) is 15.1. The zero-order valence-electron chi connectivity index (χ0n) is 20.6. The van der Waals surface area contributed by atoms with E-state index in [1.165, 1.54) is 0 Å². The third kappa shape index (κ3) is 6.89. The Labute approximate surface area is 216 Å². The van der Waals surface area contributed by atoms with Crippen LogP contribution in [0, 0.1) is 0 Å². The first-order valence-corrected chi connectivity index (χ1v) is 12.5. The number of para-hydroxylation sites is 1. The van der Waals surface area contributed by atoms with Gasteiger partial charge >= 0.3 is 6.03 Å². The van der Waals surface area contributed by atoms with E-state index in [9.17, 15) is 14.4 Å². The number of ether oxygens (including phenoxy) is 1. The topological polar surface area (TPSA) is 111 Å². The molecule has 0 aromatic heterocycles. The summed E-state index contributed by atoms with van der Waals surface area (Å²) < 4.78 is 5.47. The zero-order valence-corrected chi connectivity index (χ0v) is 21.4. The Morgan fingerprint density at radius 1 is 1.14 bits per heavy atom. The second kappa shape index (κ2) is 13.1. The fraction of sp³-hybridized carbons (Fsp3) is 0.423. The molecular formula is C26H33ClN4O5. The number of nitrogens with one attached hydrogen (secondary N) is 2. The van der Waals surface area contributed by atoms with Gasteiger partial charge in [0, 0.05) is 38.0 Å². The number of urea groups is 1. The average molecular weight is 517 g/mol. The van der Waals surface area contributed by atoms with Crippen LogP contribution >= 0.6 is 11.6 Å². The summed E-state index contributed by atoms with van der Waals surface area (Å²) in [5, 5.41) is 14.5. The summed E-state index contributed by atoms with van der Waals surface area (Å²) in [6.45, 7) is 5.11. The molecule has 0 saturated carbocycles. The summed E-state index contributed by atoms with van der Waals surface area (Å²) in [7, 11) is 0. The van der Waals surface area contributed by atoms with Crippen molar-refractivity contribution in [1.82, 2.24) is 15.5 Å². The first-order chi connectivity index (χ1) is 17.3. The maximum Gasteiger partial charge on any atom is 0.318 e. The van der Waals surface area contributed by atoms with Gasteiger partial charge in [-0.05, 0) is 56.5 Å². The van der Waals surface area contributed by atoms with E-state index < -0.39 is 6.03 Å². The number of nitrogens with zero attached hydrogens (tertiary/aromatic N) is 2. The summed E-state index contributed by atoms with van der Waals surface area (Å²) >= 11 is 6.43. The summed E-state index contributed by atoms with van der Waals surface area (Å²) in [5.74, 6) is 0.0157. The first kappa shape index (κ1) is 27.3. The molecular weight excluding hydrogens is 484 g/mol. The van der Waals surface area contributed by atoms with Crippen LogP contribution in [0.5, 0.6) is 5.75 Å². The van der Waals surface area contributed by atoms with Crippen LogP contribution in [0.2, 0.25) is 5.02 Å². The molecule has 36 heavy (non-hydrogen) atoms. The van der Waals surface area contributed by atoms with Crippen LogP contribution in [0.15, 0.2) is 42.5 Å². The van der Waals surface area contributed by atoms with Crippen LogP contribution in [0.4, 0.5) is 10.5 Å². The van der Waals surface area contributed by atoms with Crippen LogP contribution in [0.25, 0.3) is 0 Å². The van der Waals surface area contributed by atoms with E-state index in [4.69, 9.17) is 21.4 Å². The predicted octanol–water partition coefficient (Wildman–Crippen LogP) is 3.19. The van der Waals surface area contributed by atoms with Crippen molar-refractivity contribution in [3.8, 4) is 5.75 Å². The number of rotatable bonds is 9. The Morgan fingerprint density at radius 2 is 1.92 bits per heavy atom. The van der Waals surface area contributed by atoms with Gasteiger partial charge in [0.25, 0.3) is 5.91 Å². The minimum Gasteiger partial charge on any atom is -0.494 e. The summed E-state index contributed by atoms with van der Waals surface area (Å²) in [6.07, 6.45) is 1.27. The van der Waals surface area contributed by atoms with Gasteiger partial charge in [-0.1, -0.05) is 29.8 Å². The van der Waals surface area contributed by atoms with Gasteiger partial charge in [-0.25, -0.2) is 4.79 Å². The van der Waals surface area contributed by atoms with Gasteiger partial charge in [0.2, 0.25) is 5.91 Å². The minimum absolute atomic E-state index is 0.0746.